The number of imidazole rings is 1. The van der Waals surface area contributed by atoms with Crippen molar-refractivity contribution < 1.29 is 49.6 Å². The number of nitrogens with zero attached hydrogens (tertiary/aromatic N) is 7. The average molecular weight is 719 g/mol. The molecule has 0 fully saturated rings. The molecule has 0 amide bonds. The molecule has 2 aromatic heterocycles. The molecule has 2 atom stereocenters. The fourth-order valence-corrected chi connectivity index (χ4v) is 5.32. The fourth-order valence-electron chi connectivity index (χ4n) is 5.04. The Balaban J connectivity index is 1.54. The number of aromatic amines is 1. The number of aryl methyl sites for hydroxylation is 1. The van der Waals surface area contributed by atoms with Gasteiger partial charge in [-0.05, 0) is 41.2 Å². The molecule has 2 aromatic carbocycles. The first kappa shape index (κ1) is 38.4. The highest BCUT2D eigenvalue weighted by molar-refractivity contribution is 6.32. The Labute approximate surface area is 291 Å². The highest BCUT2D eigenvalue weighted by Gasteiger charge is 2.28. The van der Waals surface area contributed by atoms with Crippen LogP contribution in [0.5, 0.6) is 0 Å². The highest BCUT2D eigenvalue weighted by Crippen LogP contribution is 2.30. The molecule has 0 radical (unpaired) electrons. The van der Waals surface area contributed by atoms with Crippen LogP contribution < -0.4 is 0 Å². The van der Waals surface area contributed by atoms with Gasteiger partial charge in [-0.25, -0.2) is 19.5 Å². The number of aromatic nitrogens is 6. The predicted molar refractivity (Wildman–Crippen MR) is 171 cm³/mol. The Hall–Kier alpha value is -4.37. The molecule has 5 N–H and O–H groups in total. The topological polar surface area (TPSA) is 231 Å². The lowest BCUT2D eigenvalue weighted by Gasteiger charge is -2.21. The van der Waals surface area contributed by atoms with Gasteiger partial charge in [-0.15, -0.1) is 10.2 Å². The summed E-state index contributed by atoms with van der Waals surface area (Å²) in [5.74, 6) is -0.449. The molecule has 0 aliphatic rings. The molecular weight excluding hydrogens is 680 g/mol. The Morgan fingerprint density at radius 1 is 0.960 bits per heavy atom. The summed E-state index contributed by atoms with van der Waals surface area (Å²) in [4.78, 5) is 39.6. The minimum absolute atomic E-state index is 0.00979. The number of hydrogen-bond donors (Lipinski definition) is 5. The normalized spacial score (nSPS) is 12.7. The number of unbranched alkanes of at least 4 members (excludes halogenated alkanes) is 1. The molecule has 4 rings (SSSR count). The summed E-state index contributed by atoms with van der Waals surface area (Å²) in [5.41, 5.74) is 3.46. The lowest BCUT2D eigenvalue weighted by molar-refractivity contribution is -0.527. The second-order valence-corrected chi connectivity index (χ2v) is 11.3. The van der Waals surface area contributed by atoms with Crippen LogP contribution in [0.3, 0.4) is 0 Å². The quantitative estimate of drug-likeness (QED) is 0.0470. The number of nitrogens with one attached hydrogen (secondary N) is 1. The zero-order valence-electron chi connectivity index (χ0n) is 27.4. The molecule has 1 unspecified atom stereocenters. The van der Waals surface area contributed by atoms with Crippen LogP contribution in [0.15, 0.2) is 48.5 Å². The SMILES string of the molecule is CCCCc1nc(Cl)c(C(=O)OC(CCC[C@H](CON(O)O)ON(O)O)OC(=O)CC)n1Cc1ccc(-c2ccccc2-c2nn[nH]n2)cc1. The van der Waals surface area contributed by atoms with E-state index in [0.29, 0.717) is 18.1 Å². The van der Waals surface area contributed by atoms with Gasteiger partial charge in [0, 0.05) is 31.4 Å². The fraction of sp³-hybridized carbons (Fsp3) is 0.419. The summed E-state index contributed by atoms with van der Waals surface area (Å²) in [7, 11) is 0. The Bertz CT molecular complexity index is 1650. The van der Waals surface area contributed by atoms with Gasteiger partial charge in [0.25, 0.3) is 0 Å². The Morgan fingerprint density at radius 3 is 2.34 bits per heavy atom. The first-order chi connectivity index (χ1) is 24.1. The van der Waals surface area contributed by atoms with Crippen molar-refractivity contribution in [1.82, 2.24) is 41.0 Å². The third-order valence-corrected chi connectivity index (χ3v) is 7.71. The van der Waals surface area contributed by atoms with Crippen LogP contribution in [0.25, 0.3) is 22.5 Å². The first-order valence-electron chi connectivity index (χ1n) is 15.8. The number of carbonyl (C=O) groups is 2. The lowest BCUT2D eigenvalue weighted by Crippen LogP contribution is -2.31. The van der Waals surface area contributed by atoms with Crippen LogP contribution >= 0.6 is 11.6 Å². The van der Waals surface area contributed by atoms with Crippen LogP contribution in [-0.4, -0.2) is 92.7 Å². The summed E-state index contributed by atoms with van der Waals surface area (Å²) >= 11 is 6.55. The second kappa shape index (κ2) is 19.1. The van der Waals surface area contributed by atoms with Gasteiger partial charge in [-0.2, -0.15) is 5.21 Å². The zero-order chi connectivity index (χ0) is 36.0. The Morgan fingerprint density at radius 2 is 1.70 bits per heavy atom. The van der Waals surface area contributed by atoms with Crippen LogP contribution in [0, 0.1) is 0 Å². The molecule has 0 bridgehead atoms. The van der Waals surface area contributed by atoms with Gasteiger partial charge >= 0.3 is 11.9 Å². The van der Waals surface area contributed by atoms with E-state index in [1.54, 1.807) is 11.5 Å². The van der Waals surface area contributed by atoms with Crippen LogP contribution in [0.2, 0.25) is 5.15 Å². The molecule has 4 aromatic rings. The van der Waals surface area contributed by atoms with Crippen LogP contribution in [-0.2, 0) is 36.9 Å². The van der Waals surface area contributed by atoms with Crippen LogP contribution in [0.1, 0.15) is 74.2 Å². The molecular formula is C31H39ClN8O10. The van der Waals surface area contributed by atoms with Gasteiger partial charge in [-0.3, -0.25) is 25.6 Å². The number of H-pyrrole nitrogens is 1. The lowest BCUT2D eigenvalue weighted by atomic mass is 9.98. The number of tetrazole rings is 1. The number of carbonyl (C=O) groups excluding carboxylic acids is 2. The summed E-state index contributed by atoms with van der Waals surface area (Å²) < 4.78 is 12.7. The molecule has 2 heterocycles. The van der Waals surface area contributed by atoms with Crippen LogP contribution in [0.4, 0.5) is 0 Å². The number of ether oxygens (including phenoxy) is 2. The van der Waals surface area contributed by atoms with Gasteiger partial charge in [-0.1, -0.05) is 80.4 Å². The van der Waals surface area contributed by atoms with E-state index >= 15 is 0 Å². The highest BCUT2D eigenvalue weighted by atomic mass is 35.5. The number of halogens is 1. The van der Waals surface area contributed by atoms with E-state index in [2.05, 4.69) is 30.4 Å². The molecule has 50 heavy (non-hydrogen) atoms. The molecule has 0 saturated heterocycles. The maximum absolute atomic E-state index is 13.7. The monoisotopic (exact) mass is 718 g/mol. The molecule has 18 nitrogen and oxygen atoms in total. The summed E-state index contributed by atoms with van der Waals surface area (Å²) in [6.07, 6.45) is -0.0656. The smallest absolute Gasteiger partial charge is 0.361 e. The predicted octanol–water partition coefficient (Wildman–Crippen LogP) is 4.77. The van der Waals surface area contributed by atoms with Gasteiger partial charge in [0.1, 0.15) is 18.5 Å². The summed E-state index contributed by atoms with van der Waals surface area (Å²) in [6.45, 7) is 3.35. The van der Waals surface area contributed by atoms with Crippen molar-refractivity contribution in [2.24, 2.45) is 0 Å². The molecule has 270 valence electrons. The van der Waals surface area contributed by atoms with Crippen molar-refractivity contribution in [3.05, 3.63) is 70.8 Å². The number of hydrogen-bond acceptors (Lipinski definition) is 16. The van der Waals surface area contributed by atoms with Gasteiger partial charge in [0.05, 0.1) is 10.8 Å². The third kappa shape index (κ3) is 11.1. The second-order valence-electron chi connectivity index (χ2n) is 11.0. The summed E-state index contributed by atoms with van der Waals surface area (Å²) in [6, 6.07) is 15.4. The standard InChI is InChI=1S/C31H39ClN8O10/c1-3-5-12-25-33-29(32)28(31(42)49-27(48-26(41)4-2)13-8-9-22(50-40(45)46)19-47-39(43)44)38(25)18-20-14-16-21(17-15-20)23-10-6-7-11-24(23)30-34-36-37-35-30/h6-7,10-11,14-17,22,27,43-46H,3-5,8-9,12-13,18-19H2,1-2H3,(H,34,35,36,37)/t22-,27?/m1/s1. The number of esters is 2. The van der Waals surface area contributed by atoms with Crippen molar-refractivity contribution in [1.29, 1.82) is 0 Å². The van der Waals surface area contributed by atoms with Gasteiger partial charge in [0.2, 0.25) is 12.1 Å². The van der Waals surface area contributed by atoms with Crippen molar-refractivity contribution in [3.8, 4) is 22.5 Å². The van der Waals surface area contributed by atoms with Crippen molar-refractivity contribution >= 4 is 23.5 Å². The number of rotatable bonds is 20. The molecule has 0 spiro atoms. The minimum Gasteiger partial charge on any atom is -0.425 e. The van der Waals surface area contributed by atoms with Crippen molar-refractivity contribution in [2.75, 3.05) is 6.61 Å². The van der Waals surface area contributed by atoms with Crippen molar-refractivity contribution in [3.63, 3.8) is 0 Å². The average Bonchev–Trinajstić information content (AvgIpc) is 3.74. The molecule has 19 heteroatoms. The van der Waals surface area contributed by atoms with Gasteiger partial charge in [0.15, 0.2) is 10.8 Å². The van der Waals surface area contributed by atoms with E-state index < -0.39 is 41.7 Å². The first-order valence-corrected chi connectivity index (χ1v) is 16.2. The molecule has 0 saturated carbocycles. The molecule has 0 aliphatic carbocycles. The Kier molecular flexibility index (Phi) is 14.7. The number of benzene rings is 2. The largest absolute Gasteiger partial charge is 0.425 e. The van der Waals surface area contributed by atoms with E-state index in [0.717, 1.165) is 35.1 Å². The van der Waals surface area contributed by atoms with E-state index in [4.69, 9.17) is 46.7 Å². The maximum atomic E-state index is 13.7. The summed E-state index contributed by atoms with van der Waals surface area (Å²) in [5, 5.41) is 48.8. The maximum Gasteiger partial charge on any atom is 0.361 e. The van der Waals surface area contributed by atoms with E-state index in [-0.39, 0.29) is 43.1 Å². The minimum atomic E-state index is -1.35. The molecule has 0 aliphatic heterocycles. The zero-order valence-corrected chi connectivity index (χ0v) is 28.1. The van der Waals surface area contributed by atoms with E-state index in [9.17, 15) is 9.59 Å². The van der Waals surface area contributed by atoms with E-state index in [1.165, 1.54) is 0 Å². The third-order valence-electron chi connectivity index (χ3n) is 7.45. The van der Waals surface area contributed by atoms with Crippen molar-refractivity contribution in [2.45, 2.75) is 77.7 Å². The van der Waals surface area contributed by atoms with E-state index in [1.807, 2.05) is 55.5 Å². The van der Waals surface area contributed by atoms with Gasteiger partial charge < -0.3 is 14.0 Å².